The lowest BCUT2D eigenvalue weighted by Crippen LogP contribution is -2.27. The topological polar surface area (TPSA) is 106 Å². The van der Waals surface area contributed by atoms with E-state index in [9.17, 15) is 13.2 Å². The first-order chi connectivity index (χ1) is 10.3. The van der Waals surface area contributed by atoms with Gasteiger partial charge in [0.15, 0.2) is 5.82 Å². The van der Waals surface area contributed by atoms with Gasteiger partial charge in [-0.15, -0.1) is 5.10 Å². The summed E-state index contributed by atoms with van der Waals surface area (Å²) in [7, 11) is -3.42. The van der Waals surface area contributed by atoms with Crippen molar-refractivity contribution < 1.29 is 13.2 Å². The molecular weight excluding hydrogens is 330 g/mol. The summed E-state index contributed by atoms with van der Waals surface area (Å²) >= 11 is 5.85. The number of nitrogens with one attached hydrogen (secondary N) is 2. The summed E-state index contributed by atoms with van der Waals surface area (Å²) < 4.78 is 25.5. The molecule has 0 bridgehead atoms. The summed E-state index contributed by atoms with van der Waals surface area (Å²) in [5.41, 5.74) is 0.874. The number of anilines is 1. The number of carbonyl (C=O) groups excluding carboxylic acids is 1. The van der Waals surface area contributed by atoms with Crippen molar-refractivity contribution in [3.8, 4) is 0 Å². The number of sulfonamides is 1. The van der Waals surface area contributed by atoms with Crippen LogP contribution in [0.5, 0.6) is 0 Å². The molecule has 2 rings (SSSR count). The van der Waals surface area contributed by atoms with E-state index in [1.54, 1.807) is 18.2 Å². The molecule has 1 aromatic carbocycles. The summed E-state index contributed by atoms with van der Waals surface area (Å²) in [5, 5.41) is 10.6. The van der Waals surface area contributed by atoms with Gasteiger partial charge in [-0.3, -0.25) is 9.52 Å². The van der Waals surface area contributed by atoms with Crippen molar-refractivity contribution in [2.75, 3.05) is 11.0 Å². The Morgan fingerprint density at radius 3 is 2.86 bits per heavy atom. The second kappa shape index (κ2) is 6.75. The zero-order chi connectivity index (χ0) is 16.2. The maximum atomic E-state index is 11.8. The number of amides is 1. The predicted octanol–water partition coefficient (Wildman–Crippen LogP) is 0.619. The van der Waals surface area contributed by atoms with Gasteiger partial charge in [-0.25, -0.2) is 13.1 Å². The molecule has 0 saturated heterocycles. The van der Waals surface area contributed by atoms with Crippen LogP contribution in [0.15, 0.2) is 30.5 Å². The van der Waals surface area contributed by atoms with Gasteiger partial charge < -0.3 is 5.32 Å². The third-order valence-corrected chi connectivity index (χ3v) is 3.33. The van der Waals surface area contributed by atoms with Crippen molar-refractivity contribution in [2.45, 2.75) is 13.1 Å². The molecule has 0 spiro atoms. The third kappa shape index (κ3) is 5.34. The van der Waals surface area contributed by atoms with Crippen LogP contribution in [0.3, 0.4) is 0 Å². The molecule has 0 fully saturated rings. The second-order valence-electron chi connectivity index (χ2n) is 4.58. The predicted molar refractivity (Wildman–Crippen MR) is 81.8 cm³/mol. The van der Waals surface area contributed by atoms with E-state index in [0.717, 1.165) is 11.8 Å². The highest BCUT2D eigenvalue weighted by Gasteiger charge is 2.09. The highest BCUT2D eigenvalue weighted by atomic mass is 35.5. The first-order valence-corrected chi connectivity index (χ1v) is 8.48. The minimum Gasteiger partial charge on any atom is -0.350 e. The summed E-state index contributed by atoms with van der Waals surface area (Å²) in [6, 6.07) is 7.14. The Labute approximate surface area is 132 Å². The van der Waals surface area contributed by atoms with Crippen LogP contribution in [0.1, 0.15) is 5.56 Å². The number of rotatable bonds is 6. The minimum absolute atomic E-state index is 0.0603. The number of halogens is 1. The first-order valence-electron chi connectivity index (χ1n) is 6.21. The van der Waals surface area contributed by atoms with Crippen molar-refractivity contribution in [2.24, 2.45) is 0 Å². The van der Waals surface area contributed by atoms with E-state index in [0.29, 0.717) is 11.6 Å². The standard InChI is InChI=1S/C12H14ClN5O3S/c1-22(20,21)16-11-7-18(17-15-11)8-12(19)14-6-9-3-2-4-10(13)5-9/h2-5,7,16H,6,8H2,1H3,(H,14,19). The van der Waals surface area contributed by atoms with Gasteiger partial charge in [-0.2, -0.15) is 0 Å². The number of hydrogen-bond donors (Lipinski definition) is 2. The molecule has 0 aliphatic heterocycles. The Balaban J connectivity index is 1.87. The molecule has 0 aliphatic carbocycles. The number of benzene rings is 1. The molecule has 0 radical (unpaired) electrons. The van der Waals surface area contributed by atoms with E-state index in [1.807, 2.05) is 6.07 Å². The Morgan fingerprint density at radius 1 is 1.41 bits per heavy atom. The number of nitrogens with zero attached hydrogens (tertiary/aromatic N) is 3. The minimum atomic E-state index is -3.42. The van der Waals surface area contributed by atoms with Gasteiger partial charge in [0.2, 0.25) is 15.9 Å². The summed E-state index contributed by atoms with van der Waals surface area (Å²) in [5.74, 6) is -0.221. The van der Waals surface area contributed by atoms with Gasteiger partial charge in [0.25, 0.3) is 0 Å². The average molecular weight is 344 g/mol. The summed E-state index contributed by atoms with van der Waals surface area (Å²) in [6.45, 7) is 0.265. The molecule has 10 heteroatoms. The molecule has 2 N–H and O–H groups in total. The molecular formula is C12H14ClN5O3S. The van der Waals surface area contributed by atoms with Crippen LogP contribution < -0.4 is 10.0 Å². The fourth-order valence-electron chi connectivity index (χ4n) is 1.66. The number of hydrogen-bond acceptors (Lipinski definition) is 5. The molecule has 0 unspecified atom stereocenters. The molecule has 0 aliphatic rings. The van der Waals surface area contributed by atoms with Crippen molar-refractivity contribution in [1.29, 1.82) is 0 Å². The molecule has 22 heavy (non-hydrogen) atoms. The van der Waals surface area contributed by atoms with E-state index in [2.05, 4.69) is 20.4 Å². The quantitative estimate of drug-likeness (QED) is 0.799. The molecule has 1 aromatic heterocycles. The van der Waals surface area contributed by atoms with E-state index < -0.39 is 10.0 Å². The zero-order valence-electron chi connectivity index (χ0n) is 11.7. The zero-order valence-corrected chi connectivity index (χ0v) is 13.2. The SMILES string of the molecule is CS(=O)(=O)Nc1cn(CC(=O)NCc2cccc(Cl)c2)nn1. The van der Waals surface area contributed by atoms with Crippen molar-refractivity contribution >= 4 is 33.3 Å². The van der Waals surface area contributed by atoms with Crippen LogP contribution in [0.2, 0.25) is 5.02 Å². The Hall–Kier alpha value is -2.13. The molecule has 118 valence electrons. The summed E-state index contributed by atoms with van der Waals surface area (Å²) in [6.07, 6.45) is 2.34. The fourth-order valence-corrected chi connectivity index (χ4v) is 2.35. The number of carbonyl (C=O) groups is 1. The van der Waals surface area contributed by atoms with Crippen LogP contribution in [0.4, 0.5) is 5.82 Å². The van der Waals surface area contributed by atoms with Gasteiger partial charge in [0.1, 0.15) is 6.54 Å². The summed E-state index contributed by atoms with van der Waals surface area (Å²) in [4.78, 5) is 11.8. The molecule has 0 saturated carbocycles. The normalized spacial score (nSPS) is 11.2. The largest absolute Gasteiger partial charge is 0.350 e. The van der Waals surface area contributed by atoms with E-state index in [-0.39, 0.29) is 18.3 Å². The van der Waals surface area contributed by atoms with Crippen LogP contribution in [0.25, 0.3) is 0 Å². The van der Waals surface area contributed by atoms with Crippen LogP contribution in [-0.4, -0.2) is 35.6 Å². The van der Waals surface area contributed by atoms with Gasteiger partial charge >= 0.3 is 0 Å². The maximum absolute atomic E-state index is 11.8. The highest BCUT2D eigenvalue weighted by Crippen LogP contribution is 2.10. The van der Waals surface area contributed by atoms with Crippen LogP contribution >= 0.6 is 11.6 Å². The van der Waals surface area contributed by atoms with Crippen LogP contribution in [0, 0.1) is 0 Å². The van der Waals surface area contributed by atoms with Crippen LogP contribution in [-0.2, 0) is 27.9 Å². The lowest BCUT2D eigenvalue weighted by atomic mass is 10.2. The first kappa shape index (κ1) is 16.2. The number of aromatic nitrogens is 3. The Bertz CT molecular complexity index is 775. The fraction of sp³-hybridized carbons (Fsp3) is 0.250. The maximum Gasteiger partial charge on any atom is 0.242 e. The average Bonchev–Trinajstić information content (AvgIpc) is 2.81. The lowest BCUT2D eigenvalue weighted by Gasteiger charge is -2.05. The lowest BCUT2D eigenvalue weighted by molar-refractivity contribution is -0.122. The molecule has 8 nitrogen and oxygen atoms in total. The monoisotopic (exact) mass is 343 g/mol. The van der Waals surface area contributed by atoms with Gasteiger partial charge in [0.05, 0.1) is 12.5 Å². The Morgan fingerprint density at radius 2 is 2.18 bits per heavy atom. The third-order valence-electron chi connectivity index (χ3n) is 2.51. The van der Waals surface area contributed by atoms with E-state index in [4.69, 9.17) is 11.6 Å². The van der Waals surface area contributed by atoms with Gasteiger partial charge in [0, 0.05) is 11.6 Å². The van der Waals surface area contributed by atoms with Gasteiger partial charge in [-0.1, -0.05) is 28.9 Å². The van der Waals surface area contributed by atoms with E-state index >= 15 is 0 Å². The van der Waals surface area contributed by atoms with Crippen molar-refractivity contribution in [1.82, 2.24) is 20.3 Å². The highest BCUT2D eigenvalue weighted by molar-refractivity contribution is 7.92. The molecule has 1 amide bonds. The van der Waals surface area contributed by atoms with E-state index in [1.165, 1.54) is 10.9 Å². The Kier molecular flexibility index (Phi) is 4.99. The van der Waals surface area contributed by atoms with Crippen molar-refractivity contribution in [3.05, 3.63) is 41.0 Å². The molecule has 0 atom stereocenters. The second-order valence-corrected chi connectivity index (χ2v) is 6.77. The molecule has 1 heterocycles. The van der Waals surface area contributed by atoms with Gasteiger partial charge in [-0.05, 0) is 17.7 Å². The van der Waals surface area contributed by atoms with Crippen molar-refractivity contribution in [3.63, 3.8) is 0 Å². The molecule has 2 aromatic rings. The smallest absolute Gasteiger partial charge is 0.242 e.